The Morgan fingerprint density at radius 3 is 2.60 bits per heavy atom. The summed E-state index contributed by atoms with van der Waals surface area (Å²) in [5.41, 5.74) is 6.59. The molecule has 1 aromatic carbocycles. The Kier molecular flexibility index (Phi) is 4.95. The lowest BCUT2D eigenvalue weighted by atomic mass is 10.1. The van der Waals surface area contributed by atoms with E-state index in [2.05, 4.69) is 4.74 Å². The zero-order valence-electron chi connectivity index (χ0n) is 10.6. The first-order chi connectivity index (χ1) is 9.19. The van der Waals surface area contributed by atoms with E-state index >= 15 is 0 Å². The SMILES string of the molecule is Cc1ccc(N)cc1C(=O)OCC(=O)NCC(F)(F)F. The van der Waals surface area contributed by atoms with E-state index in [9.17, 15) is 22.8 Å². The number of hydrogen-bond acceptors (Lipinski definition) is 4. The Bertz CT molecular complexity index is 515. The van der Waals surface area contributed by atoms with E-state index in [1.54, 1.807) is 24.4 Å². The van der Waals surface area contributed by atoms with Crippen molar-refractivity contribution in [2.75, 3.05) is 18.9 Å². The third kappa shape index (κ3) is 5.17. The van der Waals surface area contributed by atoms with Gasteiger partial charge in [0.15, 0.2) is 6.61 Å². The van der Waals surface area contributed by atoms with E-state index < -0.39 is 31.2 Å². The van der Waals surface area contributed by atoms with Gasteiger partial charge in [-0.05, 0) is 24.6 Å². The second kappa shape index (κ2) is 6.27. The smallest absolute Gasteiger partial charge is 0.405 e. The minimum atomic E-state index is -4.51. The van der Waals surface area contributed by atoms with Crippen LogP contribution in [0.15, 0.2) is 18.2 Å². The quantitative estimate of drug-likeness (QED) is 0.649. The number of hydrogen-bond donors (Lipinski definition) is 2. The number of nitrogen functional groups attached to an aromatic ring is 1. The Morgan fingerprint density at radius 1 is 1.35 bits per heavy atom. The molecule has 0 saturated heterocycles. The number of rotatable bonds is 4. The molecule has 5 nitrogen and oxygen atoms in total. The molecule has 0 aliphatic rings. The minimum absolute atomic E-state index is 0.161. The molecule has 0 radical (unpaired) electrons. The molecule has 1 amide bonds. The molecule has 0 atom stereocenters. The number of nitrogens with two attached hydrogens (primary N) is 1. The van der Waals surface area contributed by atoms with Crippen molar-refractivity contribution in [2.45, 2.75) is 13.1 Å². The molecule has 0 saturated carbocycles. The van der Waals surface area contributed by atoms with Crippen LogP contribution in [0, 0.1) is 6.92 Å². The number of halogens is 3. The first-order valence-corrected chi connectivity index (χ1v) is 5.56. The molecule has 1 rings (SSSR count). The number of benzene rings is 1. The topological polar surface area (TPSA) is 81.4 Å². The number of alkyl halides is 3. The van der Waals surface area contributed by atoms with Crippen LogP contribution in [-0.2, 0) is 9.53 Å². The number of carbonyl (C=O) groups is 2. The first-order valence-electron chi connectivity index (χ1n) is 5.56. The fourth-order valence-corrected chi connectivity index (χ4v) is 1.32. The summed E-state index contributed by atoms with van der Waals surface area (Å²) in [6.07, 6.45) is -4.51. The lowest BCUT2D eigenvalue weighted by Gasteiger charge is -2.10. The molecular weight excluding hydrogens is 277 g/mol. The lowest BCUT2D eigenvalue weighted by molar-refractivity contribution is -0.140. The monoisotopic (exact) mass is 290 g/mol. The van der Waals surface area contributed by atoms with E-state index in [0.717, 1.165) is 0 Å². The average molecular weight is 290 g/mol. The van der Waals surface area contributed by atoms with Gasteiger partial charge in [-0.25, -0.2) is 4.79 Å². The third-order valence-electron chi connectivity index (χ3n) is 2.30. The van der Waals surface area contributed by atoms with Crippen molar-refractivity contribution >= 4 is 17.6 Å². The molecule has 0 aliphatic heterocycles. The summed E-state index contributed by atoms with van der Waals surface area (Å²) in [5, 5.41) is 1.59. The van der Waals surface area contributed by atoms with E-state index in [-0.39, 0.29) is 5.56 Å². The molecule has 0 aromatic heterocycles. The van der Waals surface area contributed by atoms with Crippen LogP contribution >= 0.6 is 0 Å². The number of ether oxygens (including phenoxy) is 1. The van der Waals surface area contributed by atoms with E-state index in [1.807, 2.05) is 0 Å². The van der Waals surface area contributed by atoms with Crippen molar-refractivity contribution in [3.8, 4) is 0 Å². The van der Waals surface area contributed by atoms with Crippen molar-refractivity contribution in [2.24, 2.45) is 0 Å². The maximum atomic E-state index is 11.8. The van der Waals surface area contributed by atoms with Crippen molar-refractivity contribution in [1.82, 2.24) is 5.32 Å². The fraction of sp³-hybridized carbons (Fsp3) is 0.333. The zero-order chi connectivity index (χ0) is 15.3. The van der Waals surface area contributed by atoms with Gasteiger partial charge in [0.1, 0.15) is 6.54 Å². The van der Waals surface area contributed by atoms with Gasteiger partial charge in [0, 0.05) is 5.69 Å². The number of nitrogens with one attached hydrogen (secondary N) is 1. The summed E-state index contributed by atoms with van der Waals surface area (Å²) < 4.78 is 40.1. The third-order valence-corrected chi connectivity index (χ3v) is 2.30. The minimum Gasteiger partial charge on any atom is -0.452 e. The van der Waals surface area contributed by atoms with Crippen molar-refractivity contribution < 1.29 is 27.5 Å². The van der Waals surface area contributed by atoms with Crippen LogP contribution in [-0.4, -0.2) is 31.2 Å². The highest BCUT2D eigenvalue weighted by atomic mass is 19.4. The van der Waals surface area contributed by atoms with E-state index in [4.69, 9.17) is 5.73 Å². The van der Waals surface area contributed by atoms with Crippen LogP contribution in [0.3, 0.4) is 0 Å². The predicted molar refractivity (Wildman–Crippen MR) is 64.9 cm³/mol. The average Bonchev–Trinajstić information content (AvgIpc) is 2.35. The van der Waals surface area contributed by atoms with E-state index in [0.29, 0.717) is 11.3 Å². The number of amides is 1. The van der Waals surface area contributed by atoms with Crippen LogP contribution in [0.5, 0.6) is 0 Å². The van der Waals surface area contributed by atoms with Crippen LogP contribution < -0.4 is 11.1 Å². The van der Waals surface area contributed by atoms with Crippen molar-refractivity contribution in [1.29, 1.82) is 0 Å². The van der Waals surface area contributed by atoms with Crippen LogP contribution in [0.4, 0.5) is 18.9 Å². The molecule has 8 heteroatoms. The summed E-state index contributed by atoms with van der Waals surface area (Å²) >= 11 is 0. The van der Waals surface area contributed by atoms with Gasteiger partial charge in [-0.1, -0.05) is 6.07 Å². The van der Waals surface area contributed by atoms with Crippen LogP contribution in [0.2, 0.25) is 0 Å². The number of esters is 1. The van der Waals surface area contributed by atoms with Gasteiger partial charge in [-0.3, -0.25) is 4.79 Å². The Morgan fingerprint density at radius 2 is 2.00 bits per heavy atom. The molecule has 0 fully saturated rings. The molecule has 0 bridgehead atoms. The predicted octanol–water partition coefficient (Wildman–Crippen LogP) is 1.41. The molecule has 3 N–H and O–H groups in total. The van der Waals surface area contributed by atoms with Gasteiger partial charge in [-0.15, -0.1) is 0 Å². The van der Waals surface area contributed by atoms with Gasteiger partial charge in [0.2, 0.25) is 0 Å². The maximum absolute atomic E-state index is 11.8. The molecule has 1 aromatic rings. The normalized spacial score (nSPS) is 11.0. The highest BCUT2D eigenvalue weighted by Crippen LogP contribution is 2.14. The highest BCUT2D eigenvalue weighted by Gasteiger charge is 2.27. The Labute approximate surface area is 112 Å². The molecular formula is C12H13F3N2O3. The highest BCUT2D eigenvalue weighted by molar-refractivity contribution is 5.93. The maximum Gasteiger partial charge on any atom is 0.405 e. The number of aryl methyl sites for hydroxylation is 1. The summed E-state index contributed by atoms with van der Waals surface area (Å²) in [6.45, 7) is -0.621. The summed E-state index contributed by atoms with van der Waals surface area (Å²) in [4.78, 5) is 22.7. The largest absolute Gasteiger partial charge is 0.452 e. The summed E-state index contributed by atoms with van der Waals surface area (Å²) in [6, 6.07) is 4.54. The lowest BCUT2D eigenvalue weighted by Crippen LogP contribution is -2.36. The van der Waals surface area contributed by atoms with E-state index in [1.165, 1.54) is 6.07 Å². The standard InChI is InChI=1S/C12H13F3N2O3/c1-7-2-3-8(16)4-9(7)11(19)20-5-10(18)17-6-12(13,14)15/h2-4H,5-6,16H2,1H3,(H,17,18). The molecule has 0 spiro atoms. The number of anilines is 1. The van der Waals surface area contributed by atoms with Crippen LogP contribution in [0.25, 0.3) is 0 Å². The first kappa shape index (κ1) is 15.8. The summed E-state index contributed by atoms with van der Waals surface area (Å²) in [5.74, 6) is -1.85. The molecule has 0 unspecified atom stereocenters. The van der Waals surface area contributed by atoms with Gasteiger partial charge in [0.05, 0.1) is 5.56 Å². The zero-order valence-corrected chi connectivity index (χ0v) is 10.6. The summed E-state index contributed by atoms with van der Waals surface area (Å²) in [7, 11) is 0. The molecule has 110 valence electrons. The van der Waals surface area contributed by atoms with Crippen molar-refractivity contribution in [3.63, 3.8) is 0 Å². The van der Waals surface area contributed by atoms with Gasteiger partial charge in [0.25, 0.3) is 5.91 Å². The van der Waals surface area contributed by atoms with Gasteiger partial charge in [-0.2, -0.15) is 13.2 Å². The molecule has 20 heavy (non-hydrogen) atoms. The van der Waals surface area contributed by atoms with Crippen LogP contribution in [0.1, 0.15) is 15.9 Å². The van der Waals surface area contributed by atoms with Gasteiger partial charge < -0.3 is 15.8 Å². The van der Waals surface area contributed by atoms with Gasteiger partial charge >= 0.3 is 12.1 Å². The fourth-order valence-electron chi connectivity index (χ4n) is 1.32. The second-order valence-electron chi connectivity index (χ2n) is 4.04. The second-order valence-corrected chi connectivity index (χ2v) is 4.04. The number of carbonyl (C=O) groups excluding carboxylic acids is 2. The molecule has 0 heterocycles. The molecule has 0 aliphatic carbocycles. The van der Waals surface area contributed by atoms with Crippen molar-refractivity contribution in [3.05, 3.63) is 29.3 Å². The Hall–Kier alpha value is -2.25. The Balaban J connectivity index is 2.51.